The summed E-state index contributed by atoms with van der Waals surface area (Å²) in [6.45, 7) is 0. The van der Waals surface area contributed by atoms with Gasteiger partial charge < -0.3 is 4.42 Å². The van der Waals surface area contributed by atoms with Gasteiger partial charge in [-0.05, 0) is 69.4 Å². The summed E-state index contributed by atoms with van der Waals surface area (Å²) in [5.41, 5.74) is 6.61. The van der Waals surface area contributed by atoms with E-state index < -0.39 is 0 Å². The third kappa shape index (κ3) is 2.26. The first kappa shape index (κ1) is 17.8. The summed E-state index contributed by atoms with van der Waals surface area (Å²) >= 11 is 9.93. The van der Waals surface area contributed by atoms with E-state index in [9.17, 15) is 0 Å². The van der Waals surface area contributed by atoms with Gasteiger partial charge in [0.05, 0.1) is 5.41 Å². The van der Waals surface area contributed by atoms with Crippen LogP contribution >= 0.6 is 34.3 Å². The molecular weight excluding hydrogens is 440 g/mol. The second-order valence-electron chi connectivity index (χ2n) is 7.89. The fraction of sp³-hybridized carbons (Fsp3) is 0.0370. The summed E-state index contributed by atoms with van der Waals surface area (Å²) in [5.74, 6) is 0. The molecule has 3 aromatic carbocycles. The van der Waals surface area contributed by atoms with Crippen molar-refractivity contribution in [2.75, 3.05) is 0 Å². The minimum atomic E-state index is -0.373. The lowest BCUT2D eigenvalue weighted by molar-refractivity contribution is 0.665. The molecule has 0 fully saturated rings. The van der Waals surface area contributed by atoms with Crippen LogP contribution in [-0.4, -0.2) is 0 Å². The highest BCUT2D eigenvalue weighted by Gasteiger charge is 2.47. The summed E-state index contributed by atoms with van der Waals surface area (Å²) in [5, 5.41) is 7.47. The molecule has 0 radical (unpaired) electrons. The largest absolute Gasteiger partial charge is 0.456 e. The molecule has 0 atom stereocenters. The van der Waals surface area contributed by atoms with E-state index in [4.69, 9.17) is 16.0 Å². The zero-order valence-electron chi connectivity index (χ0n) is 16.3. The molecule has 4 heteroatoms. The van der Waals surface area contributed by atoms with Gasteiger partial charge in [0.2, 0.25) is 0 Å². The van der Waals surface area contributed by atoms with Crippen LogP contribution in [-0.2, 0) is 5.41 Å². The average molecular weight is 455 g/mol. The molecule has 0 amide bonds. The zero-order valence-corrected chi connectivity index (χ0v) is 18.7. The Balaban J connectivity index is 1.60. The molecule has 1 aliphatic carbocycles. The zero-order chi connectivity index (χ0) is 20.6. The second kappa shape index (κ2) is 6.33. The third-order valence-corrected chi connectivity index (χ3v) is 8.68. The van der Waals surface area contributed by atoms with Crippen molar-refractivity contribution in [3.8, 4) is 9.75 Å². The molecule has 0 unspecified atom stereocenters. The van der Waals surface area contributed by atoms with Gasteiger partial charge in [0.1, 0.15) is 11.2 Å². The van der Waals surface area contributed by atoms with E-state index in [0.717, 1.165) is 27.0 Å². The standard InChI is InChI=1S/C27H15ClOS2/c28-18-8-5-16(6-9-18)27(21-11-13-30-25(21)26-22(27)12-14-31-26)17-7-10-20-19-3-1-2-4-23(19)29-24(20)15-17/h1-15H. The number of furan rings is 1. The van der Waals surface area contributed by atoms with E-state index in [-0.39, 0.29) is 5.41 Å². The fourth-order valence-corrected chi connectivity index (χ4v) is 7.38. The van der Waals surface area contributed by atoms with Crippen molar-refractivity contribution in [2.24, 2.45) is 0 Å². The summed E-state index contributed by atoms with van der Waals surface area (Å²) < 4.78 is 6.28. The number of para-hydroxylation sites is 1. The van der Waals surface area contributed by atoms with Gasteiger partial charge in [0, 0.05) is 25.5 Å². The molecule has 7 rings (SSSR count). The SMILES string of the molecule is Clc1ccc(C2(c3ccc4c(c3)oc3ccccc34)c3ccsc3-c3sccc32)cc1. The maximum atomic E-state index is 6.28. The molecule has 6 aromatic rings. The van der Waals surface area contributed by atoms with Gasteiger partial charge in [-0.25, -0.2) is 0 Å². The molecule has 0 saturated carbocycles. The van der Waals surface area contributed by atoms with E-state index in [2.05, 4.69) is 65.4 Å². The minimum absolute atomic E-state index is 0.373. The maximum Gasteiger partial charge on any atom is 0.135 e. The number of halogens is 1. The van der Waals surface area contributed by atoms with Gasteiger partial charge in [-0.1, -0.05) is 54.1 Å². The minimum Gasteiger partial charge on any atom is -0.456 e. The molecular formula is C27H15ClOS2. The van der Waals surface area contributed by atoms with Crippen LogP contribution in [0.2, 0.25) is 5.02 Å². The van der Waals surface area contributed by atoms with Crippen LogP contribution in [0.25, 0.3) is 31.7 Å². The van der Waals surface area contributed by atoms with Crippen molar-refractivity contribution in [1.82, 2.24) is 0 Å². The number of thiophene rings is 2. The van der Waals surface area contributed by atoms with E-state index in [1.54, 1.807) is 0 Å². The number of rotatable bonds is 2. The Labute approximate surface area is 192 Å². The lowest BCUT2D eigenvalue weighted by atomic mass is 9.68. The Kier molecular flexibility index (Phi) is 3.63. The first-order chi connectivity index (χ1) is 15.3. The Morgan fingerprint density at radius 2 is 1.29 bits per heavy atom. The van der Waals surface area contributed by atoms with Gasteiger partial charge in [0.25, 0.3) is 0 Å². The fourth-order valence-electron chi connectivity index (χ4n) is 5.15. The normalized spacial score (nSPS) is 14.2. The van der Waals surface area contributed by atoms with Crippen molar-refractivity contribution in [2.45, 2.75) is 5.41 Å². The van der Waals surface area contributed by atoms with E-state index in [1.165, 1.54) is 32.0 Å². The Morgan fingerprint density at radius 3 is 2.03 bits per heavy atom. The number of hydrogen-bond donors (Lipinski definition) is 0. The molecule has 0 N–H and O–H groups in total. The van der Waals surface area contributed by atoms with Crippen LogP contribution < -0.4 is 0 Å². The van der Waals surface area contributed by atoms with E-state index in [0.29, 0.717) is 0 Å². The topological polar surface area (TPSA) is 13.1 Å². The van der Waals surface area contributed by atoms with Gasteiger partial charge in [-0.2, -0.15) is 0 Å². The molecule has 1 nitrogen and oxygen atoms in total. The summed E-state index contributed by atoms with van der Waals surface area (Å²) in [6.07, 6.45) is 0. The third-order valence-electron chi connectivity index (χ3n) is 6.43. The first-order valence-electron chi connectivity index (χ1n) is 10.1. The quantitative estimate of drug-likeness (QED) is 0.254. The molecule has 0 spiro atoms. The lowest BCUT2D eigenvalue weighted by Crippen LogP contribution is -2.27. The Bertz CT molecular complexity index is 1560. The van der Waals surface area contributed by atoms with Crippen molar-refractivity contribution in [3.05, 3.63) is 117 Å². The average Bonchev–Trinajstić information content (AvgIpc) is 3.55. The smallest absolute Gasteiger partial charge is 0.135 e. The van der Waals surface area contributed by atoms with Gasteiger partial charge in [0.15, 0.2) is 0 Å². The molecule has 0 aliphatic heterocycles. The molecule has 1 aliphatic rings. The van der Waals surface area contributed by atoms with Gasteiger partial charge in [-0.3, -0.25) is 0 Å². The first-order valence-corrected chi connectivity index (χ1v) is 12.2. The highest BCUT2D eigenvalue weighted by atomic mass is 35.5. The van der Waals surface area contributed by atoms with Crippen molar-refractivity contribution in [3.63, 3.8) is 0 Å². The second-order valence-corrected chi connectivity index (χ2v) is 10.2. The molecule has 3 aromatic heterocycles. The van der Waals surface area contributed by atoms with Crippen LogP contribution in [0.3, 0.4) is 0 Å². The van der Waals surface area contributed by atoms with Gasteiger partial charge in [-0.15, -0.1) is 22.7 Å². The van der Waals surface area contributed by atoms with E-state index in [1.807, 2.05) is 46.9 Å². The summed E-state index contributed by atoms with van der Waals surface area (Å²) in [4.78, 5) is 2.73. The molecule has 148 valence electrons. The van der Waals surface area contributed by atoms with Crippen LogP contribution in [0.5, 0.6) is 0 Å². The predicted molar refractivity (Wildman–Crippen MR) is 132 cm³/mol. The number of hydrogen-bond acceptors (Lipinski definition) is 3. The van der Waals surface area contributed by atoms with Crippen LogP contribution in [0.15, 0.2) is 94.0 Å². The molecule has 0 bridgehead atoms. The number of benzene rings is 3. The summed E-state index contributed by atoms with van der Waals surface area (Å²) in [6, 6.07) is 27.8. The lowest BCUT2D eigenvalue weighted by Gasteiger charge is -2.32. The summed E-state index contributed by atoms with van der Waals surface area (Å²) in [7, 11) is 0. The monoisotopic (exact) mass is 454 g/mol. The van der Waals surface area contributed by atoms with Crippen molar-refractivity contribution >= 4 is 56.2 Å². The Hall–Kier alpha value is -2.85. The van der Waals surface area contributed by atoms with Crippen molar-refractivity contribution < 1.29 is 4.42 Å². The highest BCUT2D eigenvalue weighted by Crippen LogP contribution is 2.59. The van der Waals surface area contributed by atoms with E-state index >= 15 is 0 Å². The number of fused-ring (bicyclic) bond motifs is 6. The molecule has 31 heavy (non-hydrogen) atoms. The predicted octanol–water partition coefficient (Wildman–Crippen LogP) is 8.73. The van der Waals surface area contributed by atoms with Crippen LogP contribution in [0.1, 0.15) is 22.3 Å². The van der Waals surface area contributed by atoms with Gasteiger partial charge >= 0.3 is 0 Å². The van der Waals surface area contributed by atoms with Crippen molar-refractivity contribution in [1.29, 1.82) is 0 Å². The van der Waals surface area contributed by atoms with Crippen LogP contribution in [0, 0.1) is 0 Å². The highest BCUT2D eigenvalue weighted by molar-refractivity contribution is 7.21. The molecule has 0 saturated heterocycles. The molecule has 3 heterocycles. The van der Waals surface area contributed by atoms with Crippen LogP contribution in [0.4, 0.5) is 0 Å². The Morgan fingerprint density at radius 1 is 0.645 bits per heavy atom. The maximum absolute atomic E-state index is 6.28.